The molecule has 2 aromatic heterocycles. The number of carbonyl (C=O) groups is 1. The number of amides is 1. The maximum absolute atomic E-state index is 13.7. The van der Waals surface area contributed by atoms with Crippen LogP contribution in [0.3, 0.4) is 0 Å². The van der Waals surface area contributed by atoms with Crippen molar-refractivity contribution in [2.24, 2.45) is 11.8 Å². The summed E-state index contributed by atoms with van der Waals surface area (Å²) in [5, 5.41) is 13.3. The van der Waals surface area contributed by atoms with E-state index >= 15 is 0 Å². The highest BCUT2D eigenvalue weighted by molar-refractivity contribution is 7.90. The van der Waals surface area contributed by atoms with Gasteiger partial charge in [-0.2, -0.15) is 28.2 Å². The molecular weight excluding hydrogens is 501 g/mol. The number of ether oxygens (including phenoxy) is 1. The molecule has 1 N–H and O–H groups in total. The summed E-state index contributed by atoms with van der Waals surface area (Å²) >= 11 is 0. The monoisotopic (exact) mass is 528 g/mol. The molecule has 3 rings (SSSR count). The highest BCUT2D eigenvalue weighted by atomic mass is 32.2. The van der Waals surface area contributed by atoms with Gasteiger partial charge in [0.25, 0.3) is 10.0 Å². The Bertz CT molecular complexity index is 1270. The lowest BCUT2D eigenvalue weighted by Gasteiger charge is -2.36. The van der Waals surface area contributed by atoms with Crippen LogP contribution in [-0.2, 0) is 20.9 Å². The second kappa shape index (κ2) is 9.61. The van der Waals surface area contributed by atoms with Gasteiger partial charge in [0.05, 0.1) is 0 Å². The number of nitriles is 1. The van der Waals surface area contributed by atoms with Crippen molar-refractivity contribution in [2.45, 2.75) is 57.7 Å². The van der Waals surface area contributed by atoms with Gasteiger partial charge in [0.15, 0.2) is 17.3 Å². The Morgan fingerprint density at radius 1 is 1.19 bits per heavy atom. The van der Waals surface area contributed by atoms with Crippen molar-refractivity contribution in [1.29, 1.82) is 5.26 Å². The van der Waals surface area contributed by atoms with Crippen LogP contribution >= 0.6 is 0 Å². The highest BCUT2D eigenvalue weighted by Crippen LogP contribution is 2.38. The lowest BCUT2D eigenvalue weighted by atomic mass is 9.91. The van der Waals surface area contributed by atoms with Crippen LogP contribution in [0.15, 0.2) is 23.2 Å². The van der Waals surface area contributed by atoms with Crippen LogP contribution in [0.2, 0.25) is 0 Å². The van der Waals surface area contributed by atoms with Crippen LogP contribution in [-0.4, -0.2) is 48.0 Å². The smallest absolute Gasteiger partial charge is 0.436 e. The van der Waals surface area contributed by atoms with Gasteiger partial charge < -0.3 is 9.64 Å². The quantitative estimate of drug-likeness (QED) is 0.633. The fourth-order valence-corrected chi connectivity index (χ4v) is 4.94. The van der Waals surface area contributed by atoms with E-state index in [2.05, 4.69) is 10.1 Å². The van der Waals surface area contributed by atoms with Crippen LogP contribution in [0.4, 0.5) is 23.8 Å². The number of nitrogens with one attached hydrogen (secondary N) is 1. The number of piperidine rings is 1. The number of hydrogen-bond donors (Lipinski definition) is 1. The second-order valence-corrected chi connectivity index (χ2v) is 11.6. The molecule has 0 radical (unpaired) electrons. The molecule has 2 atom stereocenters. The Kier molecular flexibility index (Phi) is 7.27. The van der Waals surface area contributed by atoms with Crippen molar-refractivity contribution in [3.63, 3.8) is 0 Å². The van der Waals surface area contributed by atoms with Gasteiger partial charge in [0.2, 0.25) is 0 Å². The third-order valence-electron chi connectivity index (χ3n) is 5.27. The molecule has 14 heteroatoms. The summed E-state index contributed by atoms with van der Waals surface area (Å²) in [6.45, 7) is 9.44. The summed E-state index contributed by atoms with van der Waals surface area (Å²) in [6.07, 6.45) is -4.32. The summed E-state index contributed by atoms with van der Waals surface area (Å²) in [5.41, 5.74) is -2.92. The summed E-state index contributed by atoms with van der Waals surface area (Å²) in [7, 11) is -4.37. The lowest BCUT2D eigenvalue weighted by Crippen LogP contribution is -2.40. The van der Waals surface area contributed by atoms with E-state index < -0.39 is 44.0 Å². The molecule has 196 valence electrons. The number of hydrogen-bond acceptors (Lipinski definition) is 8. The Morgan fingerprint density at radius 2 is 1.81 bits per heavy atom. The van der Waals surface area contributed by atoms with E-state index in [1.807, 2.05) is 13.8 Å². The SMILES string of the molecule is CC1CC(C)CN(c2c(C#N)c(C(F)(F)F)nn2-c2ccc(S(=O)(=O)NC(=O)OC(C)(C)C)cn2)C1. The molecule has 10 nitrogen and oxygen atoms in total. The number of anilines is 1. The molecule has 1 aliphatic heterocycles. The number of carbonyl (C=O) groups excluding carboxylic acids is 1. The number of nitrogens with zero attached hydrogens (tertiary/aromatic N) is 5. The maximum atomic E-state index is 13.7. The van der Waals surface area contributed by atoms with Crippen molar-refractivity contribution in [3.8, 4) is 11.9 Å². The number of pyridine rings is 1. The third-order valence-corrected chi connectivity index (χ3v) is 6.57. The fraction of sp³-hybridized carbons (Fsp3) is 0.545. The van der Waals surface area contributed by atoms with Gasteiger partial charge in [0, 0.05) is 19.3 Å². The summed E-state index contributed by atoms with van der Waals surface area (Å²) in [6, 6.07) is 3.86. The van der Waals surface area contributed by atoms with Gasteiger partial charge in [-0.25, -0.2) is 22.9 Å². The minimum absolute atomic E-state index is 0.0572. The van der Waals surface area contributed by atoms with Crippen molar-refractivity contribution < 1.29 is 31.1 Å². The van der Waals surface area contributed by atoms with Gasteiger partial charge in [-0.1, -0.05) is 13.8 Å². The van der Waals surface area contributed by atoms with E-state index in [-0.39, 0.29) is 23.5 Å². The molecule has 0 spiro atoms. The Hall–Kier alpha value is -3.34. The molecule has 0 aliphatic carbocycles. The average Bonchev–Trinajstić information content (AvgIpc) is 3.11. The molecular formula is C22H27F3N6O4S. The maximum Gasteiger partial charge on any atom is 0.436 e. The first-order valence-electron chi connectivity index (χ1n) is 11.1. The van der Waals surface area contributed by atoms with Crippen LogP contribution in [0, 0.1) is 23.2 Å². The minimum Gasteiger partial charge on any atom is -0.443 e. The van der Waals surface area contributed by atoms with Crippen molar-refractivity contribution in [2.75, 3.05) is 18.0 Å². The zero-order valence-electron chi connectivity index (χ0n) is 20.4. The van der Waals surface area contributed by atoms with E-state index in [9.17, 15) is 31.6 Å². The number of alkyl halides is 3. The first-order chi connectivity index (χ1) is 16.5. The Labute approximate surface area is 207 Å². The standard InChI is InChI=1S/C22H27F3N6O4S/c1-13-8-14(2)12-30(11-13)19-16(9-26)18(22(23,24)25)28-31(19)17-7-6-15(10-27-17)36(33,34)29-20(32)35-21(3,4)5/h6-7,10,13-14H,8,11-12H2,1-5H3,(H,29,32). The van der Waals surface area contributed by atoms with Gasteiger partial charge >= 0.3 is 12.3 Å². The number of aromatic nitrogens is 3. The first-order valence-corrected chi connectivity index (χ1v) is 12.6. The lowest BCUT2D eigenvalue weighted by molar-refractivity contribution is -0.141. The van der Waals surface area contributed by atoms with Crippen molar-refractivity contribution >= 4 is 21.9 Å². The van der Waals surface area contributed by atoms with Crippen LogP contribution < -0.4 is 9.62 Å². The normalized spacial score (nSPS) is 19.0. The molecule has 1 aliphatic rings. The van der Waals surface area contributed by atoms with E-state index in [0.717, 1.165) is 29.4 Å². The molecule has 0 aromatic carbocycles. The summed E-state index contributed by atoms with van der Waals surface area (Å²) in [4.78, 5) is 17.1. The largest absolute Gasteiger partial charge is 0.443 e. The number of sulfonamides is 1. The van der Waals surface area contributed by atoms with Crippen LogP contribution in [0.1, 0.15) is 52.3 Å². The van der Waals surface area contributed by atoms with Crippen LogP contribution in [0.25, 0.3) is 5.82 Å². The summed E-state index contributed by atoms with van der Waals surface area (Å²) in [5.74, 6) is 0.145. The zero-order chi connectivity index (χ0) is 27.1. The Morgan fingerprint density at radius 3 is 2.28 bits per heavy atom. The van der Waals surface area contributed by atoms with Crippen LogP contribution in [0.5, 0.6) is 0 Å². The third kappa shape index (κ3) is 6.07. The van der Waals surface area contributed by atoms with Gasteiger partial charge in [0.1, 0.15) is 22.1 Å². The topological polar surface area (TPSA) is 130 Å². The molecule has 2 aromatic rings. The van der Waals surface area contributed by atoms with E-state index in [1.165, 1.54) is 0 Å². The molecule has 0 bridgehead atoms. The molecule has 36 heavy (non-hydrogen) atoms. The predicted molar refractivity (Wildman–Crippen MR) is 123 cm³/mol. The van der Waals surface area contributed by atoms with E-state index in [0.29, 0.717) is 13.1 Å². The molecule has 1 amide bonds. The molecule has 1 saturated heterocycles. The Balaban J connectivity index is 2.03. The molecule has 0 saturated carbocycles. The second-order valence-electron chi connectivity index (χ2n) is 9.88. The number of halogens is 3. The van der Waals surface area contributed by atoms with Crippen molar-refractivity contribution in [1.82, 2.24) is 19.5 Å². The fourth-order valence-electron chi connectivity index (χ4n) is 4.12. The van der Waals surface area contributed by atoms with E-state index in [4.69, 9.17) is 4.74 Å². The summed E-state index contributed by atoms with van der Waals surface area (Å²) < 4.78 is 73.8. The van der Waals surface area contributed by atoms with Crippen molar-refractivity contribution in [3.05, 3.63) is 29.6 Å². The molecule has 3 heterocycles. The molecule has 1 fully saturated rings. The van der Waals surface area contributed by atoms with Gasteiger partial charge in [-0.05, 0) is 51.2 Å². The predicted octanol–water partition coefficient (Wildman–Crippen LogP) is 3.85. The minimum atomic E-state index is -4.89. The zero-order valence-corrected chi connectivity index (χ0v) is 21.2. The van der Waals surface area contributed by atoms with Gasteiger partial charge in [-0.3, -0.25) is 0 Å². The van der Waals surface area contributed by atoms with E-state index in [1.54, 1.807) is 36.5 Å². The molecule has 2 unspecified atom stereocenters. The van der Waals surface area contributed by atoms with Gasteiger partial charge in [-0.15, -0.1) is 0 Å². The first kappa shape index (κ1) is 27.3. The highest BCUT2D eigenvalue weighted by Gasteiger charge is 2.42. The average molecular weight is 529 g/mol. The number of rotatable bonds is 4.